The highest BCUT2D eigenvalue weighted by molar-refractivity contribution is 5.45. The highest BCUT2D eigenvalue weighted by Gasteiger charge is 2.30. The molecular formula is C11H14F4N2. The van der Waals surface area contributed by atoms with Crippen LogP contribution < -0.4 is 11.1 Å². The first-order chi connectivity index (χ1) is 7.74. The summed E-state index contributed by atoms with van der Waals surface area (Å²) in [7, 11) is 0. The molecule has 1 rings (SSSR count). The number of benzene rings is 1. The molecule has 17 heavy (non-hydrogen) atoms. The molecule has 0 aliphatic rings. The van der Waals surface area contributed by atoms with E-state index in [1.807, 2.05) is 0 Å². The van der Waals surface area contributed by atoms with Crippen LogP contribution in [-0.2, 0) is 6.18 Å². The molecule has 96 valence electrons. The van der Waals surface area contributed by atoms with E-state index in [2.05, 4.69) is 5.32 Å². The number of halogens is 4. The number of nitrogens with one attached hydrogen (secondary N) is 1. The zero-order chi connectivity index (χ0) is 13.1. The van der Waals surface area contributed by atoms with Gasteiger partial charge >= 0.3 is 6.18 Å². The summed E-state index contributed by atoms with van der Waals surface area (Å²) >= 11 is 0. The van der Waals surface area contributed by atoms with Crippen LogP contribution in [0, 0.1) is 0 Å². The SMILES string of the molecule is CC(F)(CN)CNc1ccc(C(F)(F)F)cc1. The lowest BCUT2D eigenvalue weighted by molar-refractivity contribution is -0.137. The second-order valence-electron chi connectivity index (χ2n) is 4.05. The zero-order valence-corrected chi connectivity index (χ0v) is 9.31. The minimum absolute atomic E-state index is 0.0468. The van der Waals surface area contributed by atoms with Gasteiger partial charge in [0.25, 0.3) is 0 Å². The monoisotopic (exact) mass is 250 g/mol. The van der Waals surface area contributed by atoms with Gasteiger partial charge in [0.15, 0.2) is 0 Å². The van der Waals surface area contributed by atoms with E-state index in [9.17, 15) is 17.6 Å². The summed E-state index contributed by atoms with van der Waals surface area (Å²) in [6, 6.07) is 4.41. The van der Waals surface area contributed by atoms with Gasteiger partial charge in [-0.05, 0) is 31.2 Å². The van der Waals surface area contributed by atoms with Crippen LogP contribution in [0.1, 0.15) is 12.5 Å². The third-order valence-corrected chi connectivity index (χ3v) is 2.30. The Balaban J connectivity index is 2.64. The number of hydrogen-bond donors (Lipinski definition) is 2. The Kier molecular flexibility index (Phi) is 3.98. The van der Waals surface area contributed by atoms with Crippen molar-refractivity contribution >= 4 is 5.69 Å². The van der Waals surface area contributed by atoms with Crippen molar-refractivity contribution in [2.75, 3.05) is 18.4 Å². The molecule has 1 aromatic carbocycles. The lowest BCUT2D eigenvalue weighted by Crippen LogP contribution is -2.36. The molecule has 0 spiro atoms. The minimum atomic E-state index is -4.36. The van der Waals surface area contributed by atoms with Crippen molar-refractivity contribution in [3.05, 3.63) is 29.8 Å². The van der Waals surface area contributed by atoms with Gasteiger partial charge in [0.05, 0.1) is 5.56 Å². The molecule has 3 N–H and O–H groups in total. The van der Waals surface area contributed by atoms with E-state index in [-0.39, 0.29) is 13.1 Å². The molecule has 2 nitrogen and oxygen atoms in total. The first-order valence-corrected chi connectivity index (χ1v) is 5.05. The summed E-state index contributed by atoms with van der Waals surface area (Å²) in [6.45, 7) is 1.12. The zero-order valence-electron chi connectivity index (χ0n) is 9.31. The van der Waals surface area contributed by atoms with Crippen LogP contribution in [0.15, 0.2) is 24.3 Å². The maximum absolute atomic E-state index is 13.4. The Morgan fingerprint density at radius 1 is 1.12 bits per heavy atom. The molecule has 1 unspecified atom stereocenters. The highest BCUT2D eigenvalue weighted by atomic mass is 19.4. The molecule has 0 saturated carbocycles. The van der Waals surface area contributed by atoms with Crippen LogP contribution in [0.3, 0.4) is 0 Å². The molecule has 0 fully saturated rings. The molecule has 0 aromatic heterocycles. The Labute approximate surface area is 96.8 Å². The summed E-state index contributed by atoms with van der Waals surface area (Å²) in [5.74, 6) is 0. The molecule has 0 aliphatic carbocycles. The fourth-order valence-corrected chi connectivity index (χ4v) is 1.14. The van der Waals surface area contributed by atoms with E-state index in [0.717, 1.165) is 12.1 Å². The van der Waals surface area contributed by atoms with Crippen molar-refractivity contribution in [3.63, 3.8) is 0 Å². The van der Waals surface area contributed by atoms with E-state index in [0.29, 0.717) is 5.69 Å². The maximum Gasteiger partial charge on any atom is 0.416 e. The average Bonchev–Trinajstić information content (AvgIpc) is 2.26. The molecule has 0 bridgehead atoms. The van der Waals surface area contributed by atoms with Gasteiger partial charge in [0.2, 0.25) is 0 Å². The molecule has 0 aliphatic heterocycles. The lowest BCUT2D eigenvalue weighted by atomic mass is 10.1. The number of anilines is 1. The third-order valence-electron chi connectivity index (χ3n) is 2.30. The van der Waals surface area contributed by atoms with Gasteiger partial charge in [-0.1, -0.05) is 0 Å². The van der Waals surface area contributed by atoms with E-state index in [1.165, 1.54) is 19.1 Å². The predicted octanol–water partition coefficient (Wildman–Crippen LogP) is 2.80. The number of nitrogens with two attached hydrogens (primary N) is 1. The highest BCUT2D eigenvalue weighted by Crippen LogP contribution is 2.29. The summed E-state index contributed by atoms with van der Waals surface area (Å²) in [6.07, 6.45) is -4.36. The molecule has 6 heteroatoms. The predicted molar refractivity (Wildman–Crippen MR) is 58.5 cm³/mol. The molecule has 0 amide bonds. The Morgan fingerprint density at radius 3 is 2.06 bits per heavy atom. The van der Waals surface area contributed by atoms with Crippen molar-refractivity contribution in [2.45, 2.75) is 18.8 Å². The second-order valence-corrected chi connectivity index (χ2v) is 4.05. The minimum Gasteiger partial charge on any atom is -0.382 e. The first kappa shape index (κ1) is 13.8. The largest absolute Gasteiger partial charge is 0.416 e. The van der Waals surface area contributed by atoms with Crippen LogP contribution in [-0.4, -0.2) is 18.8 Å². The first-order valence-electron chi connectivity index (χ1n) is 5.05. The van der Waals surface area contributed by atoms with E-state index < -0.39 is 17.4 Å². The number of hydrogen-bond acceptors (Lipinski definition) is 2. The quantitative estimate of drug-likeness (QED) is 0.806. The van der Waals surface area contributed by atoms with Gasteiger partial charge < -0.3 is 11.1 Å². The number of alkyl halides is 4. The smallest absolute Gasteiger partial charge is 0.382 e. The summed E-state index contributed by atoms with van der Waals surface area (Å²) in [4.78, 5) is 0. The standard InChI is InChI=1S/C11H14F4N2/c1-10(12,6-16)7-17-9-4-2-8(3-5-9)11(13,14)15/h2-5,17H,6-7,16H2,1H3. The van der Waals surface area contributed by atoms with Crippen molar-refractivity contribution in [3.8, 4) is 0 Å². The Hall–Kier alpha value is -1.30. The normalized spacial score (nSPS) is 15.4. The maximum atomic E-state index is 13.4. The molecule has 0 heterocycles. The Bertz CT molecular complexity index is 357. The van der Waals surface area contributed by atoms with Gasteiger partial charge in [-0.2, -0.15) is 13.2 Å². The van der Waals surface area contributed by atoms with Crippen LogP contribution in [0.4, 0.5) is 23.2 Å². The van der Waals surface area contributed by atoms with E-state index in [1.54, 1.807) is 0 Å². The lowest BCUT2D eigenvalue weighted by Gasteiger charge is -2.19. The van der Waals surface area contributed by atoms with Crippen LogP contribution in [0.25, 0.3) is 0 Å². The van der Waals surface area contributed by atoms with Crippen LogP contribution in [0.5, 0.6) is 0 Å². The Morgan fingerprint density at radius 2 is 1.65 bits per heavy atom. The van der Waals surface area contributed by atoms with Gasteiger partial charge in [0, 0.05) is 18.8 Å². The van der Waals surface area contributed by atoms with Crippen LogP contribution in [0.2, 0.25) is 0 Å². The molecular weight excluding hydrogens is 236 g/mol. The van der Waals surface area contributed by atoms with Gasteiger partial charge in [-0.25, -0.2) is 4.39 Å². The van der Waals surface area contributed by atoms with Gasteiger partial charge in [-0.15, -0.1) is 0 Å². The van der Waals surface area contributed by atoms with Crippen molar-refractivity contribution < 1.29 is 17.6 Å². The summed E-state index contributed by atoms with van der Waals surface area (Å²) < 4.78 is 50.2. The van der Waals surface area contributed by atoms with Gasteiger partial charge in [-0.3, -0.25) is 0 Å². The van der Waals surface area contributed by atoms with E-state index in [4.69, 9.17) is 5.73 Å². The van der Waals surface area contributed by atoms with Crippen molar-refractivity contribution in [2.24, 2.45) is 5.73 Å². The second kappa shape index (κ2) is 4.91. The van der Waals surface area contributed by atoms with Crippen LogP contribution >= 0.6 is 0 Å². The molecule has 1 aromatic rings. The number of rotatable bonds is 4. The van der Waals surface area contributed by atoms with Crippen molar-refractivity contribution in [1.29, 1.82) is 0 Å². The molecule has 0 radical (unpaired) electrons. The summed E-state index contributed by atoms with van der Waals surface area (Å²) in [5.41, 5.74) is 3.30. The third kappa shape index (κ3) is 4.22. The van der Waals surface area contributed by atoms with Crippen molar-refractivity contribution in [1.82, 2.24) is 0 Å². The summed E-state index contributed by atoms with van der Waals surface area (Å²) in [5, 5.41) is 2.69. The average molecular weight is 250 g/mol. The van der Waals surface area contributed by atoms with E-state index >= 15 is 0 Å². The fourth-order valence-electron chi connectivity index (χ4n) is 1.14. The van der Waals surface area contributed by atoms with Gasteiger partial charge in [0.1, 0.15) is 5.67 Å². The molecule has 1 atom stereocenters. The topological polar surface area (TPSA) is 38.0 Å². The molecule has 0 saturated heterocycles. The fraction of sp³-hybridized carbons (Fsp3) is 0.455.